The fraction of sp³-hybridized carbons (Fsp3) is 0.667. The summed E-state index contributed by atoms with van der Waals surface area (Å²) in [6, 6.07) is 0.170. The number of carbonyl (C=O) groups excluding carboxylic acids is 2. The maximum Gasteiger partial charge on any atom is 0.271 e. The van der Waals surface area contributed by atoms with Crippen molar-refractivity contribution in [3.05, 3.63) is 24.3 Å². The van der Waals surface area contributed by atoms with Crippen LogP contribution < -0.4 is 5.32 Å². The van der Waals surface area contributed by atoms with E-state index in [1.807, 2.05) is 0 Å². The molecule has 0 bridgehead atoms. The molecule has 3 aliphatic rings. The summed E-state index contributed by atoms with van der Waals surface area (Å²) in [6.07, 6.45) is 12.7. The Hall–Kier alpha value is -1.98. The second kappa shape index (κ2) is 6.15. The van der Waals surface area contributed by atoms with Gasteiger partial charge in [-0.05, 0) is 50.9 Å². The van der Waals surface area contributed by atoms with Gasteiger partial charge in [-0.2, -0.15) is 0 Å². The molecule has 0 radical (unpaired) electrons. The Morgan fingerprint density at radius 1 is 1.21 bits per heavy atom. The van der Waals surface area contributed by atoms with E-state index in [-0.39, 0.29) is 17.5 Å². The van der Waals surface area contributed by atoms with Crippen LogP contribution in [-0.4, -0.2) is 44.8 Å². The Bertz CT molecular complexity index is 621. The summed E-state index contributed by atoms with van der Waals surface area (Å²) in [5, 5.41) is 3.08. The molecule has 3 fully saturated rings. The first-order valence-electron chi connectivity index (χ1n) is 9.04. The van der Waals surface area contributed by atoms with E-state index < -0.39 is 0 Å². The molecule has 0 aromatic carbocycles. The van der Waals surface area contributed by atoms with Crippen LogP contribution in [0.1, 0.15) is 61.9 Å². The zero-order valence-electron chi connectivity index (χ0n) is 13.9. The molecule has 2 aliphatic carbocycles. The highest BCUT2D eigenvalue weighted by Crippen LogP contribution is 2.44. The molecule has 1 spiro atoms. The van der Waals surface area contributed by atoms with Crippen molar-refractivity contribution in [3.8, 4) is 0 Å². The molecule has 0 unspecified atom stereocenters. The van der Waals surface area contributed by atoms with E-state index in [4.69, 9.17) is 0 Å². The third-order valence-corrected chi connectivity index (χ3v) is 5.86. The quantitative estimate of drug-likeness (QED) is 0.916. The summed E-state index contributed by atoms with van der Waals surface area (Å²) in [4.78, 5) is 34.7. The minimum atomic E-state index is -0.151. The van der Waals surface area contributed by atoms with Gasteiger partial charge in [0, 0.05) is 36.9 Å². The van der Waals surface area contributed by atoms with Gasteiger partial charge in [-0.25, -0.2) is 4.98 Å². The molecule has 4 rings (SSSR count). The Labute approximate surface area is 142 Å². The summed E-state index contributed by atoms with van der Waals surface area (Å²) in [7, 11) is 0. The highest BCUT2D eigenvalue weighted by Gasteiger charge is 2.48. The van der Waals surface area contributed by atoms with Crippen molar-refractivity contribution < 1.29 is 9.59 Å². The van der Waals surface area contributed by atoms with Crippen LogP contribution in [0.3, 0.4) is 0 Å². The van der Waals surface area contributed by atoms with E-state index in [0.717, 1.165) is 44.6 Å². The van der Waals surface area contributed by atoms with E-state index in [2.05, 4.69) is 20.2 Å². The van der Waals surface area contributed by atoms with Crippen LogP contribution >= 0.6 is 0 Å². The van der Waals surface area contributed by atoms with Gasteiger partial charge in [0.05, 0.1) is 6.20 Å². The predicted octanol–water partition coefficient (Wildman–Crippen LogP) is 1.92. The molecule has 1 saturated heterocycles. The molecule has 1 N–H and O–H groups in total. The maximum atomic E-state index is 12.3. The lowest BCUT2D eigenvalue weighted by molar-refractivity contribution is -0.132. The molecule has 128 valence electrons. The highest BCUT2D eigenvalue weighted by molar-refractivity contribution is 5.92. The number of rotatable bonds is 4. The molecule has 1 aromatic heterocycles. The lowest BCUT2D eigenvalue weighted by Gasteiger charge is -2.44. The number of hydrogen-bond donors (Lipinski definition) is 1. The predicted molar refractivity (Wildman–Crippen MR) is 88.2 cm³/mol. The lowest BCUT2D eigenvalue weighted by Crippen LogP contribution is -2.51. The topological polar surface area (TPSA) is 75.2 Å². The zero-order valence-corrected chi connectivity index (χ0v) is 13.9. The number of carbonyl (C=O) groups is 2. The van der Waals surface area contributed by atoms with Crippen molar-refractivity contribution in [2.24, 2.45) is 5.92 Å². The molecule has 2 saturated carbocycles. The standard InChI is InChI=1S/C18H24N4O2/c23-16-5-8-18(22(16)12-13-1-2-13)6-3-14(4-7-18)21-17(24)15-11-19-9-10-20-15/h9-11,13-14H,1-8,12H2,(H,21,24). The fourth-order valence-corrected chi connectivity index (χ4v) is 4.22. The van der Waals surface area contributed by atoms with Gasteiger partial charge in [0.25, 0.3) is 5.91 Å². The van der Waals surface area contributed by atoms with Crippen molar-refractivity contribution in [2.45, 2.75) is 62.9 Å². The molecule has 2 amide bonds. The second-order valence-electron chi connectivity index (χ2n) is 7.51. The smallest absolute Gasteiger partial charge is 0.271 e. The van der Waals surface area contributed by atoms with Crippen LogP contribution in [0.4, 0.5) is 0 Å². The molecule has 6 nitrogen and oxygen atoms in total. The number of nitrogens with zero attached hydrogens (tertiary/aromatic N) is 3. The lowest BCUT2D eigenvalue weighted by atomic mass is 9.77. The highest BCUT2D eigenvalue weighted by atomic mass is 16.2. The molecule has 6 heteroatoms. The van der Waals surface area contributed by atoms with Crippen LogP contribution in [0, 0.1) is 5.92 Å². The Morgan fingerprint density at radius 3 is 2.67 bits per heavy atom. The SMILES string of the molecule is O=C(NC1CCC2(CCC(=O)N2CC2CC2)CC1)c1cnccn1. The van der Waals surface area contributed by atoms with Gasteiger partial charge in [-0.1, -0.05) is 0 Å². The van der Waals surface area contributed by atoms with E-state index in [1.165, 1.54) is 25.2 Å². The molecule has 1 aliphatic heterocycles. The monoisotopic (exact) mass is 328 g/mol. The van der Waals surface area contributed by atoms with Crippen LogP contribution in [-0.2, 0) is 4.79 Å². The average molecular weight is 328 g/mol. The summed E-state index contributed by atoms with van der Waals surface area (Å²) in [6.45, 7) is 0.954. The van der Waals surface area contributed by atoms with Crippen LogP contribution in [0.2, 0.25) is 0 Å². The van der Waals surface area contributed by atoms with Gasteiger partial charge in [-0.15, -0.1) is 0 Å². The molecule has 24 heavy (non-hydrogen) atoms. The largest absolute Gasteiger partial charge is 0.348 e. The first kappa shape index (κ1) is 15.5. The number of nitrogens with one attached hydrogen (secondary N) is 1. The minimum Gasteiger partial charge on any atom is -0.348 e. The summed E-state index contributed by atoms with van der Waals surface area (Å²) in [5.74, 6) is 0.920. The zero-order chi connectivity index (χ0) is 16.6. The van der Waals surface area contributed by atoms with Crippen LogP contribution in [0.25, 0.3) is 0 Å². The number of aromatic nitrogens is 2. The summed E-state index contributed by atoms with van der Waals surface area (Å²) >= 11 is 0. The van der Waals surface area contributed by atoms with Crippen LogP contribution in [0.5, 0.6) is 0 Å². The van der Waals surface area contributed by atoms with E-state index in [1.54, 1.807) is 6.20 Å². The van der Waals surface area contributed by atoms with E-state index in [0.29, 0.717) is 18.0 Å². The van der Waals surface area contributed by atoms with Gasteiger partial charge >= 0.3 is 0 Å². The van der Waals surface area contributed by atoms with Gasteiger partial charge in [0.15, 0.2) is 0 Å². The van der Waals surface area contributed by atoms with Gasteiger partial charge < -0.3 is 10.2 Å². The second-order valence-corrected chi connectivity index (χ2v) is 7.51. The molecule has 0 atom stereocenters. The van der Waals surface area contributed by atoms with Crippen molar-refractivity contribution in [2.75, 3.05) is 6.54 Å². The molecular formula is C18H24N4O2. The van der Waals surface area contributed by atoms with Crippen LogP contribution in [0.15, 0.2) is 18.6 Å². The third kappa shape index (κ3) is 3.01. The van der Waals surface area contributed by atoms with E-state index in [9.17, 15) is 9.59 Å². The first-order valence-corrected chi connectivity index (χ1v) is 9.04. The normalized spacial score (nSPS) is 29.9. The average Bonchev–Trinajstić information content (AvgIpc) is 3.39. The van der Waals surface area contributed by atoms with Gasteiger partial charge in [-0.3, -0.25) is 14.6 Å². The molecule has 1 aromatic rings. The number of likely N-dealkylation sites (tertiary alicyclic amines) is 1. The Kier molecular flexibility index (Phi) is 3.98. The van der Waals surface area contributed by atoms with E-state index >= 15 is 0 Å². The Balaban J connectivity index is 1.36. The fourth-order valence-electron chi connectivity index (χ4n) is 4.22. The third-order valence-electron chi connectivity index (χ3n) is 5.86. The maximum absolute atomic E-state index is 12.3. The van der Waals surface area contributed by atoms with Crippen molar-refractivity contribution >= 4 is 11.8 Å². The summed E-state index contributed by atoms with van der Waals surface area (Å²) in [5.41, 5.74) is 0.428. The Morgan fingerprint density at radius 2 is 2.00 bits per heavy atom. The van der Waals surface area contributed by atoms with Crippen molar-refractivity contribution in [1.82, 2.24) is 20.2 Å². The van der Waals surface area contributed by atoms with Crippen molar-refractivity contribution in [1.29, 1.82) is 0 Å². The van der Waals surface area contributed by atoms with Crippen molar-refractivity contribution in [3.63, 3.8) is 0 Å². The molecule has 2 heterocycles. The minimum absolute atomic E-state index is 0.0629. The summed E-state index contributed by atoms with van der Waals surface area (Å²) < 4.78 is 0. The molecular weight excluding hydrogens is 304 g/mol. The van der Waals surface area contributed by atoms with Gasteiger partial charge in [0.2, 0.25) is 5.91 Å². The number of hydrogen-bond acceptors (Lipinski definition) is 4. The first-order chi connectivity index (χ1) is 11.7. The number of amides is 2. The van der Waals surface area contributed by atoms with Gasteiger partial charge in [0.1, 0.15) is 5.69 Å².